The van der Waals surface area contributed by atoms with Crippen molar-refractivity contribution in [1.29, 1.82) is 0 Å². The Morgan fingerprint density at radius 2 is 2.16 bits per heavy atom. The molecule has 0 bridgehead atoms. The number of aryl methyl sites for hydroxylation is 1. The number of nitrogens with one attached hydrogen (secondary N) is 1. The maximum Gasteiger partial charge on any atom is 0.262 e. The van der Waals surface area contributed by atoms with Crippen molar-refractivity contribution < 1.29 is 9.53 Å². The minimum absolute atomic E-state index is 0.213. The lowest BCUT2D eigenvalue weighted by Crippen LogP contribution is -2.31. The second-order valence-corrected chi connectivity index (χ2v) is 6.86. The predicted molar refractivity (Wildman–Crippen MR) is 99.6 cm³/mol. The van der Waals surface area contributed by atoms with Gasteiger partial charge in [0.25, 0.3) is 5.56 Å². The molecule has 6 nitrogen and oxygen atoms in total. The van der Waals surface area contributed by atoms with Gasteiger partial charge in [0.05, 0.1) is 24.0 Å². The SMILES string of the molecule is CCOc1ccccc1NC(=O)[C@H](C)n1cnc2sc(C)cc2c1=O. The first kappa shape index (κ1) is 17.2. The number of carbonyl (C=O) groups excluding carboxylic acids is 1. The summed E-state index contributed by atoms with van der Waals surface area (Å²) < 4.78 is 6.87. The first-order valence-corrected chi connectivity index (χ1v) is 8.83. The van der Waals surface area contributed by atoms with E-state index in [2.05, 4.69) is 10.3 Å². The molecule has 3 aromatic rings. The predicted octanol–water partition coefficient (Wildman–Crippen LogP) is 3.36. The fraction of sp³-hybridized carbons (Fsp3) is 0.278. The fourth-order valence-electron chi connectivity index (χ4n) is 2.55. The lowest BCUT2D eigenvalue weighted by Gasteiger charge is -2.16. The van der Waals surface area contributed by atoms with Crippen LogP contribution in [0.4, 0.5) is 5.69 Å². The molecule has 0 radical (unpaired) electrons. The van der Waals surface area contributed by atoms with E-state index in [4.69, 9.17) is 4.74 Å². The van der Waals surface area contributed by atoms with E-state index in [1.807, 2.05) is 26.0 Å². The zero-order valence-electron chi connectivity index (χ0n) is 14.3. The van der Waals surface area contributed by atoms with Crippen LogP contribution in [0.3, 0.4) is 0 Å². The molecule has 25 heavy (non-hydrogen) atoms. The summed E-state index contributed by atoms with van der Waals surface area (Å²) >= 11 is 1.46. The van der Waals surface area contributed by atoms with Crippen molar-refractivity contribution >= 4 is 33.1 Å². The van der Waals surface area contributed by atoms with Gasteiger partial charge in [0.1, 0.15) is 16.6 Å². The largest absolute Gasteiger partial charge is 0.492 e. The number of nitrogens with zero attached hydrogens (tertiary/aromatic N) is 2. The van der Waals surface area contributed by atoms with E-state index < -0.39 is 6.04 Å². The van der Waals surface area contributed by atoms with E-state index in [0.29, 0.717) is 28.3 Å². The van der Waals surface area contributed by atoms with Gasteiger partial charge in [-0.1, -0.05) is 12.1 Å². The summed E-state index contributed by atoms with van der Waals surface area (Å²) in [4.78, 5) is 31.2. The Morgan fingerprint density at radius 3 is 2.92 bits per heavy atom. The molecule has 0 aliphatic rings. The van der Waals surface area contributed by atoms with Gasteiger partial charge in [0, 0.05) is 4.88 Å². The summed E-state index contributed by atoms with van der Waals surface area (Å²) in [7, 11) is 0. The van der Waals surface area contributed by atoms with Crippen molar-refractivity contribution in [2.24, 2.45) is 0 Å². The molecular formula is C18H19N3O3S. The number of benzene rings is 1. The third-order valence-corrected chi connectivity index (χ3v) is 4.80. The number of amides is 1. The minimum Gasteiger partial charge on any atom is -0.492 e. The van der Waals surface area contributed by atoms with Crippen molar-refractivity contribution in [2.75, 3.05) is 11.9 Å². The number of para-hydroxylation sites is 2. The molecule has 0 saturated carbocycles. The zero-order chi connectivity index (χ0) is 18.0. The minimum atomic E-state index is -0.695. The van der Waals surface area contributed by atoms with Crippen LogP contribution in [-0.4, -0.2) is 22.1 Å². The molecule has 1 aromatic carbocycles. The Kier molecular flexibility index (Phi) is 4.85. The molecule has 3 rings (SSSR count). The van der Waals surface area contributed by atoms with Crippen LogP contribution in [-0.2, 0) is 4.79 Å². The molecule has 1 amide bonds. The van der Waals surface area contributed by atoms with Crippen LogP contribution < -0.4 is 15.6 Å². The van der Waals surface area contributed by atoms with Gasteiger partial charge in [-0.2, -0.15) is 0 Å². The molecule has 0 unspecified atom stereocenters. The van der Waals surface area contributed by atoms with Gasteiger partial charge >= 0.3 is 0 Å². The lowest BCUT2D eigenvalue weighted by atomic mass is 10.2. The standard InChI is InChI=1S/C18H19N3O3S/c1-4-24-15-8-6-5-7-14(15)20-16(22)12(3)21-10-19-17-13(18(21)23)9-11(2)25-17/h5-10,12H,4H2,1-3H3,(H,20,22)/t12-/m0/s1. The Labute approximate surface area is 149 Å². The highest BCUT2D eigenvalue weighted by atomic mass is 32.1. The summed E-state index contributed by atoms with van der Waals surface area (Å²) in [6.45, 7) is 5.98. The molecule has 0 spiro atoms. The number of fused-ring (bicyclic) bond motifs is 1. The van der Waals surface area contributed by atoms with Crippen LogP contribution >= 0.6 is 11.3 Å². The third kappa shape index (κ3) is 3.41. The summed E-state index contributed by atoms with van der Waals surface area (Å²) in [5.74, 6) is 0.294. The normalized spacial score (nSPS) is 12.1. The summed E-state index contributed by atoms with van der Waals surface area (Å²) in [5.41, 5.74) is 0.366. The van der Waals surface area contributed by atoms with Crippen molar-refractivity contribution in [3.63, 3.8) is 0 Å². The Bertz CT molecular complexity index is 977. The number of anilines is 1. The van der Waals surface area contributed by atoms with Gasteiger partial charge in [-0.05, 0) is 39.0 Å². The van der Waals surface area contributed by atoms with Crippen LogP contribution in [0.1, 0.15) is 24.8 Å². The second kappa shape index (κ2) is 7.06. The smallest absolute Gasteiger partial charge is 0.262 e. The number of aromatic nitrogens is 2. The van der Waals surface area contributed by atoms with Gasteiger partial charge in [-0.3, -0.25) is 14.2 Å². The van der Waals surface area contributed by atoms with Crippen molar-refractivity contribution in [2.45, 2.75) is 26.8 Å². The molecule has 0 aliphatic heterocycles. The molecule has 130 valence electrons. The van der Waals surface area contributed by atoms with Crippen LogP contribution in [0.25, 0.3) is 10.2 Å². The first-order valence-electron chi connectivity index (χ1n) is 8.01. The van der Waals surface area contributed by atoms with Crippen LogP contribution in [0.5, 0.6) is 5.75 Å². The third-order valence-electron chi connectivity index (χ3n) is 3.84. The number of hydrogen-bond donors (Lipinski definition) is 1. The number of hydrogen-bond acceptors (Lipinski definition) is 5. The van der Waals surface area contributed by atoms with Crippen LogP contribution in [0, 0.1) is 6.92 Å². The Balaban J connectivity index is 1.88. The highest BCUT2D eigenvalue weighted by Gasteiger charge is 2.19. The maximum atomic E-state index is 12.6. The maximum absolute atomic E-state index is 12.6. The van der Waals surface area contributed by atoms with E-state index in [-0.39, 0.29) is 11.5 Å². The molecule has 0 fully saturated rings. The molecule has 1 atom stereocenters. The Hall–Kier alpha value is -2.67. The van der Waals surface area contributed by atoms with E-state index in [0.717, 1.165) is 4.88 Å². The zero-order valence-corrected chi connectivity index (χ0v) is 15.1. The average Bonchev–Trinajstić information content (AvgIpc) is 2.98. The van der Waals surface area contributed by atoms with Crippen LogP contribution in [0.15, 0.2) is 41.5 Å². The molecule has 2 aromatic heterocycles. The lowest BCUT2D eigenvalue weighted by molar-refractivity contribution is -0.118. The summed E-state index contributed by atoms with van der Waals surface area (Å²) in [5, 5.41) is 3.37. The van der Waals surface area contributed by atoms with Crippen LogP contribution in [0.2, 0.25) is 0 Å². The van der Waals surface area contributed by atoms with Gasteiger partial charge in [0.2, 0.25) is 5.91 Å². The van der Waals surface area contributed by atoms with Gasteiger partial charge < -0.3 is 10.1 Å². The summed E-state index contributed by atoms with van der Waals surface area (Å²) in [6, 6.07) is 8.32. The number of ether oxygens (including phenoxy) is 1. The second-order valence-electron chi connectivity index (χ2n) is 5.63. The Morgan fingerprint density at radius 1 is 1.40 bits per heavy atom. The van der Waals surface area contributed by atoms with Crippen molar-refractivity contribution in [3.8, 4) is 5.75 Å². The first-order chi connectivity index (χ1) is 12.0. The molecule has 1 N–H and O–H groups in total. The molecule has 2 heterocycles. The molecular weight excluding hydrogens is 338 g/mol. The van der Waals surface area contributed by atoms with E-state index >= 15 is 0 Å². The molecule has 0 saturated heterocycles. The van der Waals surface area contributed by atoms with Gasteiger partial charge in [-0.25, -0.2) is 4.98 Å². The number of carbonyl (C=O) groups is 1. The van der Waals surface area contributed by atoms with Crippen molar-refractivity contribution in [3.05, 3.63) is 51.9 Å². The highest BCUT2D eigenvalue weighted by molar-refractivity contribution is 7.18. The summed E-state index contributed by atoms with van der Waals surface area (Å²) in [6.07, 6.45) is 1.43. The molecule has 7 heteroatoms. The van der Waals surface area contributed by atoms with Gasteiger partial charge in [-0.15, -0.1) is 11.3 Å². The van der Waals surface area contributed by atoms with E-state index in [1.54, 1.807) is 25.1 Å². The van der Waals surface area contributed by atoms with Gasteiger partial charge in [0.15, 0.2) is 0 Å². The monoisotopic (exact) mass is 357 g/mol. The number of thiophene rings is 1. The topological polar surface area (TPSA) is 73.2 Å². The highest BCUT2D eigenvalue weighted by Crippen LogP contribution is 2.25. The van der Waals surface area contributed by atoms with E-state index in [9.17, 15) is 9.59 Å². The van der Waals surface area contributed by atoms with E-state index in [1.165, 1.54) is 22.2 Å². The molecule has 0 aliphatic carbocycles. The average molecular weight is 357 g/mol. The number of rotatable bonds is 5. The van der Waals surface area contributed by atoms with Crippen molar-refractivity contribution in [1.82, 2.24) is 9.55 Å². The fourth-order valence-corrected chi connectivity index (χ4v) is 3.39. The quantitative estimate of drug-likeness (QED) is 0.760.